The lowest BCUT2D eigenvalue weighted by Gasteiger charge is -2.03. The maximum atomic E-state index is 12.2. The van der Waals surface area contributed by atoms with Gasteiger partial charge in [0, 0.05) is 0 Å². The Morgan fingerprint density at radius 1 is 0.696 bits per heavy atom. The molecule has 0 amide bonds. The lowest BCUT2D eigenvalue weighted by Crippen LogP contribution is -2.04. The van der Waals surface area contributed by atoms with E-state index in [0.717, 1.165) is 36.5 Å². The Morgan fingerprint density at radius 3 is 1.52 bits per heavy atom. The molecule has 0 radical (unpaired) electrons. The van der Waals surface area contributed by atoms with Gasteiger partial charge in [-0.3, -0.25) is 0 Å². The fourth-order valence-corrected chi connectivity index (χ4v) is 3.07. The summed E-state index contributed by atoms with van der Waals surface area (Å²) in [5.41, 5.74) is 1.20. The van der Waals surface area contributed by atoms with Crippen LogP contribution in [0.2, 0.25) is 0 Å². The average molecular weight is 308 g/mol. The molecule has 0 N–H and O–H groups in total. The largest absolute Gasteiger partial charge is 0.386 e. The van der Waals surface area contributed by atoms with E-state index in [1.165, 1.54) is 11.1 Å². The van der Waals surface area contributed by atoms with Crippen LogP contribution in [0.5, 0.6) is 0 Å². The van der Waals surface area contributed by atoms with Crippen LogP contribution in [-0.2, 0) is 12.8 Å². The minimum atomic E-state index is -0.568. The molecular weight excluding hydrogens is 288 g/mol. The molecule has 0 fully saturated rings. The van der Waals surface area contributed by atoms with Crippen LogP contribution >= 0.6 is 0 Å². The number of hydrogen-bond acceptors (Lipinski definition) is 3. The quantitative estimate of drug-likeness (QED) is 0.725. The number of aryl methyl sites for hydroxylation is 2. The summed E-state index contributed by atoms with van der Waals surface area (Å²) in [6.45, 7) is 4.24. The zero-order valence-corrected chi connectivity index (χ0v) is 13.5. The van der Waals surface area contributed by atoms with Gasteiger partial charge in [0.2, 0.25) is 0 Å². The minimum Gasteiger partial charge on any atom is -0.386 e. The summed E-state index contributed by atoms with van der Waals surface area (Å²) in [4.78, 5) is 24.4. The molecule has 0 aliphatic rings. The van der Waals surface area contributed by atoms with Gasteiger partial charge in [0.25, 0.3) is 0 Å². The van der Waals surface area contributed by atoms with Gasteiger partial charge >= 0.3 is 11.3 Å². The highest BCUT2D eigenvalue weighted by molar-refractivity contribution is 6.05. The third kappa shape index (κ3) is 2.91. The maximum absolute atomic E-state index is 12.2. The first-order valence-corrected chi connectivity index (χ1v) is 8.16. The van der Waals surface area contributed by atoms with Crippen LogP contribution in [0.3, 0.4) is 0 Å². The fraction of sp³-hybridized carbons (Fsp3) is 0.300. The molecule has 3 heteroatoms. The maximum Gasteiger partial charge on any atom is 0.346 e. The Kier molecular flexibility index (Phi) is 4.28. The summed E-state index contributed by atoms with van der Waals surface area (Å²) in [6, 6.07) is 11.5. The zero-order chi connectivity index (χ0) is 16.4. The number of benzene rings is 2. The molecule has 0 aliphatic heterocycles. The van der Waals surface area contributed by atoms with Crippen molar-refractivity contribution in [2.24, 2.45) is 0 Å². The Labute approximate surface area is 134 Å². The second-order valence-electron chi connectivity index (χ2n) is 5.94. The average Bonchev–Trinajstić information content (AvgIpc) is 2.64. The summed E-state index contributed by atoms with van der Waals surface area (Å²) < 4.78 is 4.99. The second kappa shape index (κ2) is 6.37. The molecule has 0 atom stereocenters. The highest BCUT2D eigenvalue weighted by Crippen LogP contribution is 2.23. The third-order valence-electron chi connectivity index (χ3n) is 4.16. The molecule has 0 saturated carbocycles. The third-order valence-corrected chi connectivity index (χ3v) is 4.16. The monoisotopic (exact) mass is 308 g/mol. The van der Waals surface area contributed by atoms with Crippen LogP contribution in [0.25, 0.3) is 21.5 Å². The predicted molar refractivity (Wildman–Crippen MR) is 94.3 cm³/mol. The van der Waals surface area contributed by atoms with Crippen molar-refractivity contribution in [1.29, 1.82) is 0 Å². The van der Waals surface area contributed by atoms with Crippen molar-refractivity contribution in [2.45, 2.75) is 39.5 Å². The van der Waals surface area contributed by atoms with Gasteiger partial charge in [0.1, 0.15) is 0 Å². The standard InChI is InChI=1S/C20H20O3/c1-3-5-13-7-9-15-17(11-13)18-12-14(6-4-2)8-10-16(18)20(22)23-19(15)21/h7-12H,3-6H2,1-2H3. The van der Waals surface area contributed by atoms with E-state index in [9.17, 15) is 9.59 Å². The first-order valence-electron chi connectivity index (χ1n) is 8.16. The van der Waals surface area contributed by atoms with Crippen LogP contribution < -0.4 is 11.3 Å². The number of rotatable bonds is 4. The van der Waals surface area contributed by atoms with Gasteiger partial charge in [-0.15, -0.1) is 0 Å². The topological polar surface area (TPSA) is 47.3 Å². The van der Waals surface area contributed by atoms with E-state index in [4.69, 9.17) is 4.42 Å². The van der Waals surface area contributed by atoms with Crippen LogP contribution in [0.4, 0.5) is 0 Å². The highest BCUT2D eigenvalue weighted by atomic mass is 16.4. The molecule has 0 saturated heterocycles. The Hall–Kier alpha value is -2.42. The van der Waals surface area contributed by atoms with Crippen LogP contribution in [0.1, 0.15) is 37.8 Å². The molecule has 0 aliphatic carbocycles. The zero-order valence-electron chi connectivity index (χ0n) is 13.5. The molecule has 2 aromatic carbocycles. The molecule has 118 valence electrons. The van der Waals surface area contributed by atoms with Crippen LogP contribution in [-0.4, -0.2) is 0 Å². The van der Waals surface area contributed by atoms with Gasteiger partial charge in [-0.2, -0.15) is 0 Å². The molecule has 0 unspecified atom stereocenters. The first-order chi connectivity index (χ1) is 11.1. The Morgan fingerprint density at radius 2 is 1.13 bits per heavy atom. The highest BCUT2D eigenvalue weighted by Gasteiger charge is 2.09. The summed E-state index contributed by atoms with van der Waals surface area (Å²) >= 11 is 0. The van der Waals surface area contributed by atoms with E-state index < -0.39 is 11.3 Å². The van der Waals surface area contributed by atoms with Crippen molar-refractivity contribution in [2.75, 3.05) is 0 Å². The molecule has 3 rings (SSSR count). The molecule has 3 aromatic rings. The van der Waals surface area contributed by atoms with E-state index in [1.54, 1.807) is 12.1 Å². The van der Waals surface area contributed by atoms with E-state index in [2.05, 4.69) is 13.8 Å². The van der Waals surface area contributed by atoms with Crippen LogP contribution in [0, 0.1) is 0 Å². The molecule has 0 bridgehead atoms. The Bertz CT molecular complexity index is 904. The van der Waals surface area contributed by atoms with Crippen molar-refractivity contribution in [3.05, 3.63) is 68.4 Å². The van der Waals surface area contributed by atoms with E-state index in [-0.39, 0.29) is 0 Å². The van der Waals surface area contributed by atoms with Crippen molar-refractivity contribution in [3.8, 4) is 0 Å². The van der Waals surface area contributed by atoms with Crippen molar-refractivity contribution in [3.63, 3.8) is 0 Å². The van der Waals surface area contributed by atoms with Gasteiger partial charge in [-0.1, -0.05) is 51.0 Å². The summed E-state index contributed by atoms with van der Waals surface area (Å²) in [7, 11) is 0. The van der Waals surface area contributed by atoms with Crippen molar-refractivity contribution in [1.82, 2.24) is 0 Å². The normalized spacial score (nSPS) is 11.2. The Balaban J connectivity index is 2.49. The molecule has 1 aromatic heterocycles. The fourth-order valence-electron chi connectivity index (χ4n) is 3.07. The summed E-state index contributed by atoms with van der Waals surface area (Å²) in [6.07, 6.45) is 3.95. The molecular formula is C20H20O3. The van der Waals surface area contributed by atoms with E-state index in [1.807, 2.05) is 24.3 Å². The van der Waals surface area contributed by atoms with Crippen molar-refractivity contribution < 1.29 is 4.42 Å². The summed E-state index contributed by atoms with van der Waals surface area (Å²) in [5, 5.41) is 2.54. The molecule has 1 heterocycles. The van der Waals surface area contributed by atoms with E-state index in [0.29, 0.717) is 10.8 Å². The van der Waals surface area contributed by atoms with Crippen LogP contribution in [0.15, 0.2) is 50.4 Å². The van der Waals surface area contributed by atoms with Crippen molar-refractivity contribution >= 4 is 21.5 Å². The SMILES string of the molecule is CCCc1ccc2c(=O)oc(=O)c3ccc(CCC)cc3c2c1. The smallest absolute Gasteiger partial charge is 0.346 e. The van der Waals surface area contributed by atoms with Gasteiger partial charge in [-0.25, -0.2) is 9.59 Å². The molecule has 0 spiro atoms. The van der Waals surface area contributed by atoms with E-state index >= 15 is 0 Å². The first kappa shape index (κ1) is 15.5. The van der Waals surface area contributed by atoms with Gasteiger partial charge in [0.15, 0.2) is 0 Å². The molecule has 3 nitrogen and oxygen atoms in total. The second-order valence-corrected chi connectivity index (χ2v) is 5.94. The van der Waals surface area contributed by atoms with Gasteiger partial charge in [0.05, 0.1) is 10.8 Å². The van der Waals surface area contributed by atoms with Gasteiger partial charge in [-0.05, 0) is 46.9 Å². The number of fused-ring (bicyclic) bond motifs is 3. The van der Waals surface area contributed by atoms with Gasteiger partial charge < -0.3 is 4.42 Å². The molecule has 23 heavy (non-hydrogen) atoms. The number of hydrogen-bond donors (Lipinski definition) is 0. The predicted octanol–water partition coefficient (Wildman–Crippen LogP) is 4.21. The minimum absolute atomic E-state index is 0.464. The lowest BCUT2D eigenvalue weighted by molar-refractivity contribution is 0.491. The summed E-state index contributed by atoms with van der Waals surface area (Å²) in [5.74, 6) is 0. The lowest BCUT2D eigenvalue weighted by atomic mass is 9.99.